The summed E-state index contributed by atoms with van der Waals surface area (Å²) in [6.45, 7) is 0. The molecule has 0 bridgehead atoms. The summed E-state index contributed by atoms with van der Waals surface area (Å²) in [5, 5.41) is 20.7. The number of aliphatic carboxylic acids is 2. The normalized spacial score (nSPS) is 24.4. The minimum absolute atomic E-state index is 0.0515. The number of carbonyl (C=O) groups is 2. The van der Waals surface area contributed by atoms with E-state index in [4.69, 9.17) is 11.5 Å². The highest BCUT2D eigenvalue weighted by Gasteiger charge is 2.68. The molecule has 0 heterocycles. The number of carboxylic acids is 2. The minimum atomic E-state index is -0.932. The van der Waals surface area contributed by atoms with Gasteiger partial charge in [0.2, 0.25) is 0 Å². The SMILES string of the molecule is NC(C1CCCCC1)(C1CCCCC1)C(CCC(=O)O)(CC(=O)O)C(N)(C1CCCCC1)C1CCCCC1. The Labute approximate surface area is 231 Å². The first-order valence-corrected chi connectivity index (χ1v) is 16.3. The number of carboxylic acid groups (broad SMARTS) is 2. The van der Waals surface area contributed by atoms with Crippen LogP contribution in [0.15, 0.2) is 0 Å². The number of hydrogen-bond donors (Lipinski definition) is 4. The van der Waals surface area contributed by atoms with Gasteiger partial charge in [0.05, 0.1) is 6.42 Å². The Bertz CT molecular complexity index is 692. The first kappa shape index (κ1) is 29.8. The molecule has 0 aliphatic heterocycles. The molecule has 0 aromatic carbocycles. The van der Waals surface area contributed by atoms with Crippen LogP contribution >= 0.6 is 0 Å². The van der Waals surface area contributed by atoms with Crippen molar-refractivity contribution in [1.29, 1.82) is 0 Å². The molecule has 6 nitrogen and oxygen atoms in total. The van der Waals surface area contributed by atoms with Crippen LogP contribution in [0, 0.1) is 29.1 Å². The maximum Gasteiger partial charge on any atom is 0.304 e. The van der Waals surface area contributed by atoms with E-state index in [9.17, 15) is 19.8 Å². The summed E-state index contributed by atoms with van der Waals surface area (Å²) in [5.41, 5.74) is 13.6. The summed E-state index contributed by atoms with van der Waals surface area (Å²) < 4.78 is 0. The van der Waals surface area contributed by atoms with Crippen molar-refractivity contribution < 1.29 is 19.8 Å². The number of hydrogen-bond acceptors (Lipinski definition) is 4. The van der Waals surface area contributed by atoms with Gasteiger partial charge in [0.15, 0.2) is 0 Å². The smallest absolute Gasteiger partial charge is 0.304 e. The fourth-order valence-corrected chi connectivity index (χ4v) is 10.3. The van der Waals surface area contributed by atoms with Gasteiger partial charge in [-0.05, 0) is 81.5 Å². The Morgan fingerprint density at radius 2 is 0.816 bits per heavy atom. The van der Waals surface area contributed by atoms with Gasteiger partial charge in [-0.1, -0.05) is 77.0 Å². The molecule has 0 atom stereocenters. The van der Waals surface area contributed by atoms with E-state index in [0.29, 0.717) is 6.42 Å². The van der Waals surface area contributed by atoms with Gasteiger partial charge in [0.1, 0.15) is 0 Å². The molecule has 4 rings (SSSR count). The van der Waals surface area contributed by atoms with Crippen LogP contribution in [0.4, 0.5) is 0 Å². The van der Waals surface area contributed by atoms with Crippen LogP contribution in [0.3, 0.4) is 0 Å². The average Bonchev–Trinajstić information content (AvgIpc) is 2.96. The largest absolute Gasteiger partial charge is 0.481 e. The van der Waals surface area contributed by atoms with Crippen LogP contribution in [0.5, 0.6) is 0 Å². The van der Waals surface area contributed by atoms with Crippen molar-refractivity contribution in [2.24, 2.45) is 40.6 Å². The van der Waals surface area contributed by atoms with Gasteiger partial charge in [-0.3, -0.25) is 9.59 Å². The summed E-state index contributed by atoms with van der Waals surface area (Å²) in [4.78, 5) is 25.3. The van der Waals surface area contributed by atoms with E-state index in [0.717, 1.165) is 103 Å². The zero-order chi connectivity index (χ0) is 27.2. The van der Waals surface area contributed by atoms with Crippen LogP contribution in [0.2, 0.25) is 0 Å². The van der Waals surface area contributed by atoms with Crippen molar-refractivity contribution in [2.45, 2.75) is 159 Å². The van der Waals surface area contributed by atoms with Crippen molar-refractivity contribution in [3.8, 4) is 0 Å². The van der Waals surface area contributed by atoms with Crippen LogP contribution < -0.4 is 11.5 Å². The van der Waals surface area contributed by atoms with Gasteiger partial charge < -0.3 is 21.7 Å². The van der Waals surface area contributed by atoms with E-state index in [2.05, 4.69) is 0 Å². The third kappa shape index (κ3) is 5.68. The molecule has 4 saturated carbocycles. The topological polar surface area (TPSA) is 127 Å². The van der Waals surface area contributed by atoms with Crippen LogP contribution in [-0.2, 0) is 9.59 Å². The van der Waals surface area contributed by atoms with E-state index in [1.54, 1.807) is 0 Å². The lowest BCUT2D eigenvalue weighted by atomic mass is 9.40. The summed E-state index contributed by atoms with van der Waals surface area (Å²) in [6.07, 6.45) is 22.2. The monoisotopic (exact) mass is 532 g/mol. The third-order valence-corrected chi connectivity index (χ3v) is 12.0. The molecular weight excluding hydrogens is 476 g/mol. The third-order valence-electron chi connectivity index (χ3n) is 12.0. The predicted octanol–water partition coefficient (Wildman–Crippen LogP) is 7.03. The van der Waals surface area contributed by atoms with E-state index in [1.807, 2.05) is 0 Å². The Balaban J connectivity index is 1.97. The highest BCUT2D eigenvalue weighted by molar-refractivity contribution is 5.70. The molecule has 0 spiro atoms. The first-order valence-electron chi connectivity index (χ1n) is 16.3. The Kier molecular flexibility index (Phi) is 10.2. The second-order valence-corrected chi connectivity index (χ2v) is 13.8. The number of nitrogens with two attached hydrogens (primary N) is 2. The van der Waals surface area contributed by atoms with Gasteiger partial charge in [-0.15, -0.1) is 0 Å². The molecule has 0 saturated heterocycles. The molecule has 38 heavy (non-hydrogen) atoms. The zero-order valence-electron chi connectivity index (χ0n) is 23.9. The molecule has 218 valence electrons. The molecule has 4 aliphatic rings. The average molecular weight is 533 g/mol. The lowest BCUT2D eigenvalue weighted by Crippen LogP contribution is -2.79. The lowest BCUT2D eigenvalue weighted by Gasteiger charge is -2.68. The first-order chi connectivity index (χ1) is 18.3. The quantitative estimate of drug-likeness (QED) is 0.226. The molecule has 0 aromatic rings. The molecule has 6 heteroatoms. The Morgan fingerprint density at radius 3 is 1.05 bits per heavy atom. The fourth-order valence-electron chi connectivity index (χ4n) is 10.3. The maximum atomic E-state index is 13.0. The zero-order valence-corrected chi connectivity index (χ0v) is 23.9. The summed E-state index contributed by atoms with van der Waals surface area (Å²) in [6, 6.07) is 0. The van der Waals surface area contributed by atoms with Gasteiger partial charge in [0, 0.05) is 22.9 Å². The van der Waals surface area contributed by atoms with E-state index in [1.165, 1.54) is 25.7 Å². The van der Waals surface area contributed by atoms with Crippen molar-refractivity contribution in [3.63, 3.8) is 0 Å². The molecule has 0 unspecified atom stereocenters. The second-order valence-electron chi connectivity index (χ2n) is 13.8. The van der Waals surface area contributed by atoms with Crippen molar-refractivity contribution in [1.82, 2.24) is 0 Å². The summed E-state index contributed by atoms with van der Waals surface area (Å²) in [5.74, 6) is -0.863. The van der Waals surface area contributed by atoms with Gasteiger partial charge in [0.25, 0.3) is 0 Å². The minimum Gasteiger partial charge on any atom is -0.481 e. The maximum absolute atomic E-state index is 13.0. The van der Waals surface area contributed by atoms with Crippen molar-refractivity contribution in [2.75, 3.05) is 0 Å². The Morgan fingerprint density at radius 1 is 0.526 bits per heavy atom. The van der Waals surface area contributed by atoms with Gasteiger partial charge in [-0.2, -0.15) is 0 Å². The van der Waals surface area contributed by atoms with Gasteiger partial charge in [-0.25, -0.2) is 0 Å². The standard InChI is InChI=1S/C32H56N2O4/c33-31(24-13-5-1-6-14-24,25-15-7-2-8-16-25)30(23-29(37)38,22-21-28(35)36)32(34,26-17-9-3-10-18-26)27-19-11-4-12-20-27/h24-27H,1-23,33-34H2,(H,35,36)(H,37,38). The second kappa shape index (κ2) is 13.0. The highest BCUT2D eigenvalue weighted by Crippen LogP contribution is 2.63. The fraction of sp³-hybridized carbons (Fsp3) is 0.938. The number of rotatable bonds is 11. The van der Waals surface area contributed by atoms with Crippen LogP contribution in [0.1, 0.15) is 148 Å². The van der Waals surface area contributed by atoms with Crippen LogP contribution in [-0.4, -0.2) is 33.2 Å². The Hall–Kier alpha value is -1.14. The summed E-state index contributed by atoms with van der Waals surface area (Å²) in [7, 11) is 0. The van der Waals surface area contributed by atoms with Crippen molar-refractivity contribution >= 4 is 11.9 Å². The predicted molar refractivity (Wildman–Crippen MR) is 152 cm³/mol. The molecule has 4 fully saturated rings. The molecule has 0 amide bonds. The van der Waals surface area contributed by atoms with Crippen LogP contribution in [0.25, 0.3) is 0 Å². The van der Waals surface area contributed by atoms with E-state index in [-0.39, 0.29) is 36.5 Å². The van der Waals surface area contributed by atoms with Gasteiger partial charge >= 0.3 is 11.9 Å². The molecule has 0 radical (unpaired) electrons. The molecule has 0 aromatic heterocycles. The van der Waals surface area contributed by atoms with E-state index < -0.39 is 28.4 Å². The molecule has 6 N–H and O–H groups in total. The lowest BCUT2D eigenvalue weighted by molar-refractivity contribution is -0.164. The molecule has 4 aliphatic carbocycles. The molecular formula is C32H56N2O4. The van der Waals surface area contributed by atoms with Crippen molar-refractivity contribution in [3.05, 3.63) is 0 Å². The summed E-state index contributed by atoms with van der Waals surface area (Å²) >= 11 is 0. The highest BCUT2D eigenvalue weighted by atomic mass is 16.4. The van der Waals surface area contributed by atoms with E-state index >= 15 is 0 Å².